The summed E-state index contributed by atoms with van der Waals surface area (Å²) in [6.07, 6.45) is 8.07. The molecule has 1 aliphatic carbocycles. The molecule has 2 aromatic rings. The minimum Gasteiger partial charge on any atom is -0.491 e. The molecule has 0 unspecified atom stereocenters. The van der Waals surface area contributed by atoms with Gasteiger partial charge in [0.05, 0.1) is 7.11 Å². The van der Waals surface area contributed by atoms with Crippen LogP contribution in [0.5, 0.6) is 5.75 Å². The lowest BCUT2D eigenvalue weighted by atomic mass is 9.77. The average Bonchev–Trinajstić information content (AvgIpc) is 2.67. The van der Waals surface area contributed by atoms with Gasteiger partial charge in [0.15, 0.2) is 17.4 Å². The zero-order valence-electron chi connectivity index (χ0n) is 16.0. The number of ether oxygens (including phenoxy) is 1. The zero-order chi connectivity index (χ0) is 19.4. The van der Waals surface area contributed by atoms with E-state index in [-0.39, 0.29) is 17.3 Å². The fraction of sp³-hybridized carbons (Fsp3) is 0.478. The fourth-order valence-corrected chi connectivity index (χ4v) is 4.22. The molecule has 1 saturated carbocycles. The van der Waals surface area contributed by atoms with Crippen LogP contribution in [0.4, 0.5) is 13.2 Å². The van der Waals surface area contributed by atoms with E-state index in [1.807, 2.05) is 0 Å². The van der Waals surface area contributed by atoms with E-state index < -0.39 is 17.4 Å². The van der Waals surface area contributed by atoms with Crippen LogP contribution in [-0.4, -0.2) is 7.11 Å². The monoisotopic (exact) mass is 376 g/mol. The molecule has 0 N–H and O–H groups in total. The van der Waals surface area contributed by atoms with Gasteiger partial charge in [-0.05, 0) is 66.8 Å². The van der Waals surface area contributed by atoms with Crippen molar-refractivity contribution in [1.29, 1.82) is 0 Å². The number of rotatable bonds is 6. The molecule has 0 aliphatic heterocycles. The fourth-order valence-electron chi connectivity index (χ4n) is 4.22. The van der Waals surface area contributed by atoms with Crippen LogP contribution in [0.3, 0.4) is 0 Å². The predicted octanol–water partition coefficient (Wildman–Crippen LogP) is 7.24. The van der Waals surface area contributed by atoms with Gasteiger partial charge in [-0.1, -0.05) is 38.3 Å². The summed E-state index contributed by atoms with van der Waals surface area (Å²) in [5.74, 6) is -1.33. The Hall–Kier alpha value is -1.97. The number of hydrogen-bond donors (Lipinski definition) is 0. The summed E-state index contributed by atoms with van der Waals surface area (Å²) in [4.78, 5) is 0. The van der Waals surface area contributed by atoms with Gasteiger partial charge in [-0.25, -0.2) is 13.2 Å². The first kappa shape index (κ1) is 19.8. The molecule has 2 aromatic carbocycles. The first-order valence-corrected chi connectivity index (χ1v) is 9.87. The van der Waals surface area contributed by atoms with E-state index in [0.29, 0.717) is 11.1 Å². The maximum absolute atomic E-state index is 14.8. The van der Waals surface area contributed by atoms with Crippen molar-refractivity contribution in [3.8, 4) is 16.9 Å². The normalized spacial score (nSPS) is 19.9. The minimum atomic E-state index is -0.805. The summed E-state index contributed by atoms with van der Waals surface area (Å²) >= 11 is 0. The largest absolute Gasteiger partial charge is 0.491 e. The van der Waals surface area contributed by atoms with Gasteiger partial charge in [-0.15, -0.1) is 0 Å². The maximum atomic E-state index is 14.8. The minimum absolute atomic E-state index is 0.141. The van der Waals surface area contributed by atoms with E-state index in [2.05, 4.69) is 6.92 Å². The summed E-state index contributed by atoms with van der Waals surface area (Å²) in [6, 6.07) is 7.30. The van der Waals surface area contributed by atoms with Crippen molar-refractivity contribution < 1.29 is 17.9 Å². The Morgan fingerprint density at radius 3 is 2.33 bits per heavy atom. The lowest BCUT2D eigenvalue weighted by Crippen LogP contribution is -2.14. The third kappa shape index (κ3) is 4.31. The molecule has 0 saturated heterocycles. The third-order valence-electron chi connectivity index (χ3n) is 5.82. The molecule has 0 atom stereocenters. The highest BCUT2D eigenvalue weighted by atomic mass is 19.1. The topological polar surface area (TPSA) is 9.23 Å². The van der Waals surface area contributed by atoms with Crippen LogP contribution < -0.4 is 4.74 Å². The maximum Gasteiger partial charge on any atom is 0.191 e. The van der Waals surface area contributed by atoms with Crippen LogP contribution in [0.2, 0.25) is 0 Å². The number of benzene rings is 2. The average molecular weight is 376 g/mol. The van der Waals surface area contributed by atoms with Gasteiger partial charge in [0, 0.05) is 5.56 Å². The van der Waals surface area contributed by atoms with Crippen molar-refractivity contribution in [1.82, 2.24) is 0 Å². The quantitative estimate of drug-likeness (QED) is 0.516. The molecule has 0 radical (unpaired) electrons. The first-order chi connectivity index (χ1) is 13.0. The second kappa shape index (κ2) is 8.81. The van der Waals surface area contributed by atoms with E-state index >= 15 is 0 Å². The molecule has 0 aromatic heterocycles. The van der Waals surface area contributed by atoms with Crippen molar-refractivity contribution in [2.75, 3.05) is 7.11 Å². The van der Waals surface area contributed by atoms with E-state index in [9.17, 15) is 13.2 Å². The molecule has 1 aliphatic rings. The van der Waals surface area contributed by atoms with Crippen molar-refractivity contribution in [3.63, 3.8) is 0 Å². The number of hydrogen-bond acceptors (Lipinski definition) is 1. The zero-order valence-corrected chi connectivity index (χ0v) is 16.0. The van der Waals surface area contributed by atoms with Crippen LogP contribution in [0.25, 0.3) is 11.1 Å². The van der Waals surface area contributed by atoms with Crippen molar-refractivity contribution in [2.24, 2.45) is 5.92 Å². The van der Waals surface area contributed by atoms with Crippen LogP contribution in [0.1, 0.15) is 63.4 Å². The van der Waals surface area contributed by atoms with Gasteiger partial charge in [0.1, 0.15) is 5.82 Å². The Morgan fingerprint density at radius 1 is 0.963 bits per heavy atom. The smallest absolute Gasteiger partial charge is 0.191 e. The Balaban J connectivity index is 1.77. The highest BCUT2D eigenvalue weighted by Crippen LogP contribution is 2.40. The summed E-state index contributed by atoms with van der Waals surface area (Å²) in [5, 5.41) is 0. The number of unbranched alkanes of at least 4 members (excludes halogenated alkanes) is 1. The van der Waals surface area contributed by atoms with Gasteiger partial charge in [0.2, 0.25) is 0 Å². The van der Waals surface area contributed by atoms with E-state index in [4.69, 9.17) is 4.74 Å². The van der Waals surface area contributed by atoms with Crippen LogP contribution in [0, 0.1) is 23.4 Å². The standard InChI is InChI=1S/C23H27F3O/c1-3-4-5-15-6-8-16(9-7-15)18-11-10-17(14-21(18)25)19-12-13-20(24)23(27-2)22(19)26/h10-16H,3-9H2,1-2H3. The summed E-state index contributed by atoms with van der Waals surface area (Å²) in [5.41, 5.74) is 1.24. The highest BCUT2D eigenvalue weighted by Gasteiger charge is 2.24. The molecule has 0 amide bonds. The molecule has 0 bridgehead atoms. The van der Waals surface area contributed by atoms with Crippen molar-refractivity contribution >= 4 is 0 Å². The SMILES string of the molecule is CCCCC1CCC(c2ccc(-c3ccc(F)c(OC)c3F)cc2F)CC1. The summed E-state index contributed by atoms with van der Waals surface area (Å²) < 4.78 is 47.6. The van der Waals surface area contributed by atoms with Crippen molar-refractivity contribution in [2.45, 2.75) is 57.8 Å². The molecule has 1 fully saturated rings. The Morgan fingerprint density at radius 2 is 1.70 bits per heavy atom. The molecule has 27 heavy (non-hydrogen) atoms. The van der Waals surface area contributed by atoms with Crippen LogP contribution in [-0.2, 0) is 0 Å². The number of methoxy groups -OCH3 is 1. The molecule has 0 heterocycles. The van der Waals surface area contributed by atoms with Gasteiger partial charge < -0.3 is 4.74 Å². The first-order valence-electron chi connectivity index (χ1n) is 9.87. The van der Waals surface area contributed by atoms with Gasteiger partial charge in [-0.3, -0.25) is 0 Å². The molecule has 3 rings (SSSR count). The van der Waals surface area contributed by atoms with Crippen LogP contribution in [0.15, 0.2) is 30.3 Å². The molecule has 4 heteroatoms. The number of halogens is 3. The predicted molar refractivity (Wildman–Crippen MR) is 103 cm³/mol. The Labute approximate surface area is 159 Å². The molecule has 0 spiro atoms. The van der Waals surface area contributed by atoms with Gasteiger partial charge in [-0.2, -0.15) is 0 Å². The lowest BCUT2D eigenvalue weighted by molar-refractivity contribution is 0.301. The third-order valence-corrected chi connectivity index (χ3v) is 5.82. The molecule has 146 valence electrons. The lowest BCUT2D eigenvalue weighted by Gasteiger charge is -2.29. The molecule has 1 nitrogen and oxygen atoms in total. The van der Waals surface area contributed by atoms with E-state index in [1.54, 1.807) is 12.1 Å². The molecular formula is C23H27F3O. The summed E-state index contributed by atoms with van der Waals surface area (Å²) in [7, 11) is 1.21. The summed E-state index contributed by atoms with van der Waals surface area (Å²) in [6.45, 7) is 2.21. The van der Waals surface area contributed by atoms with E-state index in [0.717, 1.165) is 37.7 Å². The van der Waals surface area contributed by atoms with Crippen molar-refractivity contribution in [3.05, 3.63) is 53.3 Å². The van der Waals surface area contributed by atoms with E-state index in [1.165, 1.54) is 38.5 Å². The van der Waals surface area contributed by atoms with Gasteiger partial charge >= 0.3 is 0 Å². The second-order valence-electron chi connectivity index (χ2n) is 7.54. The van der Waals surface area contributed by atoms with Gasteiger partial charge in [0.25, 0.3) is 0 Å². The Kier molecular flexibility index (Phi) is 6.46. The molecular weight excluding hydrogens is 349 g/mol. The van der Waals surface area contributed by atoms with Crippen LogP contribution >= 0.6 is 0 Å². The second-order valence-corrected chi connectivity index (χ2v) is 7.54. The highest BCUT2D eigenvalue weighted by molar-refractivity contribution is 5.66. The Bertz CT molecular complexity index is 779.